The summed E-state index contributed by atoms with van der Waals surface area (Å²) in [5.74, 6) is 0.635. The van der Waals surface area contributed by atoms with Gasteiger partial charge in [-0.05, 0) is 51.4 Å². The number of nitrogens with two attached hydrogens (primary N) is 1. The summed E-state index contributed by atoms with van der Waals surface area (Å²) in [7, 11) is -1.24. The zero-order valence-electron chi connectivity index (χ0n) is 11.8. The third-order valence-electron chi connectivity index (χ3n) is 3.82. The second kappa shape index (κ2) is 7.00. The molecule has 7 heteroatoms. The SMILES string of the molecule is CN1CCC(CCNS(=O)(=O)c2csc(CN)c2)CC1. The third kappa shape index (κ3) is 4.26. The Kier molecular flexibility index (Phi) is 5.57. The van der Waals surface area contributed by atoms with Crippen molar-refractivity contribution in [1.82, 2.24) is 9.62 Å². The number of thiophene rings is 1. The van der Waals surface area contributed by atoms with E-state index in [2.05, 4.69) is 16.7 Å². The van der Waals surface area contributed by atoms with Crippen molar-refractivity contribution < 1.29 is 8.42 Å². The van der Waals surface area contributed by atoms with Crippen molar-refractivity contribution in [3.05, 3.63) is 16.3 Å². The van der Waals surface area contributed by atoms with Crippen LogP contribution < -0.4 is 10.5 Å². The molecule has 0 atom stereocenters. The van der Waals surface area contributed by atoms with Gasteiger partial charge in [-0.2, -0.15) is 0 Å². The second-order valence-corrected chi connectivity index (χ2v) is 8.15. The highest BCUT2D eigenvalue weighted by atomic mass is 32.2. The molecule has 1 saturated heterocycles. The van der Waals surface area contributed by atoms with Crippen molar-refractivity contribution in [3.8, 4) is 0 Å². The standard InChI is InChI=1S/C13H23N3O2S2/c1-16-6-3-11(4-7-16)2-5-15-20(17,18)13-8-12(9-14)19-10-13/h8,10-11,15H,2-7,9,14H2,1H3. The van der Waals surface area contributed by atoms with Gasteiger partial charge in [0, 0.05) is 23.3 Å². The number of sulfonamides is 1. The van der Waals surface area contributed by atoms with E-state index in [0.717, 1.165) is 37.2 Å². The van der Waals surface area contributed by atoms with Crippen LogP contribution in [0.1, 0.15) is 24.1 Å². The molecule has 5 nitrogen and oxygen atoms in total. The molecule has 0 spiro atoms. The highest BCUT2D eigenvalue weighted by Crippen LogP contribution is 2.21. The summed E-state index contributed by atoms with van der Waals surface area (Å²) in [6, 6.07) is 1.66. The lowest BCUT2D eigenvalue weighted by Gasteiger charge is -2.28. The van der Waals surface area contributed by atoms with Gasteiger partial charge in [0.1, 0.15) is 0 Å². The molecule has 1 aromatic heterocycles. The van der Waals surface area contributed by atoms with Crippen LogP contribution in [-0.2, 0) is 16.6 Å². The van der Waals surface area contributed by atoms with Crippen molar-refractivity contribution in [2.45, 2.75) is 30.7 Å². The Morgan fingerprint density at radius 3 is 2.75 bits per heavy atom. The Labute approximate surface area is 125 Å². The van der Waals surface area contributed by atoms with Gasteiger partial charge >= 0.3 is 0 Å². The Hall–Kier alpha value is -0.470. The lowest BCUT2D eigenvalue weighted by atomic mass is 9.94. The van der Waals surface area contributed by atoms with Gasteiger partial charge in [0.05, 0.1) is 4.90 Å². The summed E-state index contributed by atoms with van der Waals surface area (Å²) in [6.45, 7) is 3.13. The molecule has 0 aromatic carbocycles. The van der Waals surface area contributed by atoms with Gasteiger partial charge in [-0.15, -0.1) is 11.3 Å². The van der Waals surface area contributed by atoms with E-state index in [4.69, 9.17) is 5.73 Å². The molecule has 0 saturated carbocycles. The van der Waals surface area contributed by atoms with E-state index in [1.54, 1.807) is 11.4 Å². The molecule has 0 bridgehead atoms. The normalized spacial score (nSPS) is 18.5. The zero-order chi connectivity index (χ0) is 14.6. The van der Waals surface area contributed by atoms with Crippen LogP contribution in [0.15, 0.2) is 16.3 Å². The molecule has 0 amide bonds. The van der Waals surface area contributed by atoms with Crippen LogP contribution >= 0.6 is 11.3 Å². The highest BCUT2D eigenvalue weighted by molar-refractivity contribution is 7.89. The maximum absolute atomic E-state index is 12.1. The molecule has 1 aliphatic rings. The summed E-state index contributed by atoms with van der Waals surface area (Å²) in [5, 5.41) is 1.65. The van der Waals surface area contributed by atoms with Crippen molar-refractivity contribution in [1.29, 1.82) is 0 Å². The van der Waals surface area contributed by atoms with Gasteiger partial charge in [0.2, 0.25) is 10.0 Å². The number of nitrogens with zero attached hydrogens (tertiary/aromatic N) is 1. The maximum atomic E-state index is 12.1. The quantitative estimate of drug-likeness (QED) is 0.827. The minimum Gasteiger partial charge on any atom is -0.326 e. The van der Waals surface area contributed by atoms with Gasteiger partial charge in [-0.3, -0.25) is 0 Å². The molecular weight excluding hydrogens is 294 g/mol. The molecule has 1 fully saturated rings. The van der Waals surface area contributed by atoms with E-state index in [-0.39, 0.29) is 0 Å². The number of piperidine rings is 1. The predicted octanol–water partition coefficient (Wildman–Crippen LogP) is 1.22. The Morgan fingerprint density at radius 2 is 2.15 bits per heavy atom. The highest BCUT2D eigenvalue weighted by Gasteiger charge is 2.19. The van der Waals surface area contributed by atoms with Crippen molar-refractivity contribution in [2.75, 3.05) is 26.7 Å². The maximum Gasteiger partial charge on any atom is 0.241 e. The fourth-order valence-corrected chi connectivity index (χ4v) is 4.64. The Balaban J connectivity index is 1.80. The first kappa shape index (κ1) is 15.9. The molecule has 114 valence electrons. The molecule has 20 heavy (non-hydrogen) atoms. The summed E-state index contributed by atoms with van der Waals surface area (Å²) >= 11 is 1.39. The fraction of sp³-hybridized carbons (Fsp3) is 0.692. The minimum atomic E-state index is -3.37. The number of hydrogen-bond acceptors (Lipinski definition) is 5. The van der Waals surface area contributed by atoms with Crippen LogP contribution in [0.25, 0.3) is 0 Å². The van der Waals surface area contributed by atoms with Crippen LogP contribution in [0.5, 0.6) is 0 Å². The number of likely N-dealkylation sites (tertiary alicyclic amines) is 1. The van der Waals surface area contributed by atoms with Gasteiger partial charge in [0.25, 0.3) is 0 Å². The lowest BCUT2D eigenvalue weighted by Crippen LogP contribution is -2.32. The smallest absolute Gasteiger partial charge is 0.241 e. The van der Waals surface area contributed by atoms with Crippen molar-refractivity contribution in [2.24, 2.45) is 11.7 Å². The van der Waals surface area contributed by atoms with E-state index < -0.39 is 10.0 Å². The van der Waals surface area contributed by atoms with Crippen molar-refractivity contribution in [3.63, 3.8) is 0 Å². The molecule has 2 heterocycles. The van der Waals surface area contributed by atoms with Crippen molar-refractivity contribution >= 4 is 21.4 Å². The van der Waals surface area contributed by atoms with Crippen LogP contribution in [-0.4, -0.2) is 40.0 Å². The first-order valence-electron chi connectivity index (χ1n) is 6.97. The zero-order valence-corrected chi connectivity index (χ0v) is 13.5. The number of hydrogen-bond donors (Lipinski definition) is 2. The molecule has 0 aliphatic carbocycles. The third-order valence-corrected chi connectivity index (χ3v) is 6.37. The van der Waals surface area contributed by atoms with Gasteiger partial charge in [-0.25, -0.2) is 13.1 Å². The van der Waals surface area contributed by atoms with Crippen LogP contribution in [0.4, 0.5) is 0 Å². The first-order valence-corrected chi connectivity index (χ1v) is 9.33. The number of rotatable bonds is 6. The van der Waals surface area contributed by atoms with Crippen LogP contribution in [0.3, 0.4) is 0 Å². The number of nitrogens with one attached hydrogen (secondary N) is 1. The van der Waals surface area contributed by atoms with E-state index in [1.807, 2.05) is 0 Å². The average Bonchev–Trinajstić information content (AvgIpc) is 2.90. The largest absolute Gasteiger partial charge is 0.326 e. The van der Waals surface area contributed by atoms with E-state index in [0.29, 0.717) is 23.9 Å². The molecule has 0 radical (unpaired) electrons. The molecule has 0 unspecified atom stereocenters. The van der Waals surface area contributed by atoms with E-state index in [1.165, 1.54) is 11.3 Å². The Bertz CT molecular complexity index is 519. The molecule has 1 aromatic rings. The lowest BCUT2D eigenvalue weighted by molar-refractivity contribution is 0.213. The second-order valence-electron chi connectivity index (χ2n) is 5.39. The summed E-state index contributed by atoms with van der Waals surface area (Å²) in [6.07, 6.45) is 3.24. The van der Waals surface area contributed by atoms with Crippen LogP contribution in [0.2, 0.25) is 0 Å². The van der Waals surface area contributed by atoms with E-state index >= 15 is 0 Å². The molecular formula is C13H23N3O2S2. The average molecular weight is 317 g/mol. The minimum absolute atomic E-state index is 0.339. The fourth-order valence-electron chi connectivity index (χ4n) is 2.44. The first-order chi connectivity index (χ1) is 9.51. The monoisotopic (exact) mass is 317 g/mol. The summed E-state index contributed by atoms with van der Waals surface area (Å²) in [5.41, 5.74) is 5.51. The van der Waals surface area contributed by atoms with Gasteiger partial charge in [-0.1, -0.05) is 0 Å². The molecule has 1 aliphatic heterocycles. The van der Waals surface area contributed by atoms with Crippen LogP contribution in [0, 0.1) is 5.92 Å². The van der Waals surface area contributed by atoms with Gasteiger partial charge in [0.15, 0.2) is 0 Å². The summed E-state index contributed by atoms with van der Waals surface area (Å²) in [4.78, 5) is 3.55. The van der Waals surface area contributed by atoms with Gasteiger partial charge < -0.3 is 10.6 Å². The summed E-state index contributed by atoms with van der Waals surface area (Å²) < 4.78 is 26.9. The van der Waals surface area contributed by atoms with E-state index in [9.17, 15) is 8.42 Å². The Morgan fingerprint density at radius 1 is 1.45 bits per heavy atom. The predicted molar refractivity (Wildman–Crippen MR) is 82.2 cm³/mol. The molecule has 2 rings (SSSR count). The topological polar surface area (TPSA) is 75.4 Å². The molecule has 3 N–H and O–H groups in total.